The molecule has 1 saturated carbocycles. The molecule has 2 heteroatoms. The summed E-state index contributed by atoms with van der Waals surface area (Å²) in [5.41, 5.74) is 0. The molecule has 1 aliphatic carbocycles. The summed E-state index contributed by atoms with van der Waals surface area (Å²) in [6.07, 6.45) is 3.98. The minimum Gasteiger partial charge on any atom is -0.395 e. The van der Waals surface area contributed by atoms with Crippen LogP contribution in [-0.4, -0.2) is 24.3 Å². The number of aliphatic hydroxyl groups excluding tert-OH is 1. The summed E-state index contributed by atoms with van der Waals surface area (Å²) in [4.78, 5) is 0. The SMILES string of the molecule is OCCNC1CCC1. The Morgan fingerprint density at radius 3 is 2.62 bits per heavy atom. The average molecular weight is 115 g/mol. The van der Waals surface area contributed by atoms with E-state index in [1.807, 2.05) is 0 Å². The fourth-order valence-electron chi connectivity index (χ4n) is 0.881. The zero-order valence-corrected chi connectivity index (χ0v) is 5.06. The van der Waals surface area contributed by atoms with Crippen molar-refractivity contribution in [3.05, 3.63) is 0 Å². The van der Waals surface area contributed by atoms with E-state index in [1.165, 1.54) is 19.3 Å². The first-order valence-corrected chi connectivity index (χ1v) is 3.27. The standard InChI is InChI=1S/C6H13NO/c8-5-4-7-6-2-1-3-6/h6-8H,1-5H2. The molecule has 0 aromatic heterocycles. The van der Waals surface area contributed by atoms with Gasteiger partial charge in [0.15, 0.2) is 0 Å². The number of aliphatic hydroxyl groups is 1. The Bertz CT molecular complexity index is 61.5. The Morgan fingerprint density at radius 1 is 1.50 bits per heavy atom. The molecule has 0 saturated heterocycles. The predicted molar refractivity (Wildman–Crippen MR) is 32.7 cm³/mol. The maximum absolute atomic E-state index is 8.37. The van der Waals surface area contributed by atoms with Crippen molar-refractivity contribution in [1.29, 1.82) is 0 Å². The summed E-state index contributed by atoms with van der Waals surface area (Å²) in [7, 11) is 0. The Balaban J connectivity index is 1.86. The van der Waals surface area contributed by atoms with Crippen LogP contribution in [0.5, 0.6) is 0 Å². The van der Waals surface area contributed by atoms with Crippen LogP contribution in [0.4, 0.5) is 0 Å². The molecule has 0 atom stereocenters. The predicted octanol–water partition coefficient (Wildman–Crippen LogP) is 0.121. The number of rotatable bonds is 3. The quantitative estimate of drug-likeness (QED) is 0.547. The molecule has 1 rings (SSSR count). The van der Waals surface area contributed by atoms with E-state index in [-0.39, 0.29) is 6.61 Å². The second kappa shape index (κ2) is 3.05. The number of hydrogen-bond acceptors (Lipinski definition) is 2. The van der Waals surface area contributed by atoms with Crippen molar-refractivity contribution in [1.82, 2.24) is 5.32 Å². The smallest absolute Gasteiger partial charge is 0.0556 e. The molecule has 0 bridgehead atoms. The fraction of sp³-hybridized carbons (Fsp3) is 1.00. The molecule has 0 aromatic carbocycles. The monoisotopic (exact) mass is 115 g/mol. The van der Waals surface area contributed by atoms with Gasteiger partial charge in [0.2, 0.25) is 0 Å². The van der Waals surface area contributed by atoms with Gasteiger partial charge < -0.3 is 10.4 Å². The van der Waals surface area contributed by atoms with Gasteiger partial charge in [-0.05, 0) is 12.8 Å². The molecule has 48 valence electrons. The van der Waals surface area contributed by atoms with Gasteiger partial charge in [0, 0.05) is 12.6 Å². The van der Waals surface area contributed by atoms with Crippen molar-refractivity contribution < 1.29 is 5.11 Å². The minimum atomic E-state index is 0.274. The molecular formula is C6H13NO. The Kier molecular flexibility index (Phi) is 2.30. The van der Waals surface area contributed by atoms with Gasteiger partial charge in [-0.25, -0.2) is 0 Å². The molecular weight excluding hydrogens is 102 g/mol. The van der Waals surface area contributed by atoms with Crippen LogP contribution in [0.15, 0.2) is 0 Å². The second-order valence-electron chi connectivity index (χ2n) is 2.31. The lowest BCUT2D eigenvalue weighted by atomic mass is 9.93. The lowest BCUT2D eigenvalue weighted by Gasteiger charge is -2.25. The zero-order valence-electron chi connectivity index (χ0n) is 5.06. The summed E-state index contributed by atoms with van der Waals surface area (Å²) in [6, 6.07) is 0.724. The van der Waals surface area contributed by atoms with E-state index < -0.39 is 0 Å². The van der Waals surface area contributed by atoms with Crippen LogP contribution in [0.25, 0.3) is 0 Å². The lowest BCUT2D eigenvalue weighted by Crippen LogP contribution is -2.36. The van der Waals surface area contributed by atoms with Gasteiger partial charge in [-0.2, -0.15) is 0 Å². The third-order valence-corrected chi connectivity index (χ3v) is 1.65. The molecule has 1 aliphatic rings. The molecule has 0 radical (unpaired) electrons. The van der Waals surface area contributed by atoms with Crippen molar-refractivity contribution in [2.24, 2.45) is 0 Å². The zero-order chi connectivity index (χ0) is 5.82. The summed E-state index contributed by atoms with van der Waals surface area (Å²) in [5.74, 6) is 0. The van der Waals surface area contributed by atoms with E-state index in [9.17, 15) is 0 Å². The van der Waals surface area contributed by atoms with Crippen molar-refractivity contribution in [2.75, 3.05) is 13.2 Å². The van der Waals surface area contributed by atoms with E-state index in [4.69, 9.17) is 5.11 Å². The first-order valence-electron chi connectivity index (χ1n) is 3.27. The minimum absolute atomic E-state index is 0.274. The molecule has 0 spiro atoms. The third kappa shape index (κ3) is 1.46. The molecule has 0 unspecified atom stereocenters. The van der Waals surface area contributed by atoms with Gasteiger partial charge in [-0.1, -0.05) is 6.42 Å². The van der Waals surface area contributed by atoms with Gasteiger partial charge in [0.25, 0.3) is 0 Å². The van der Waals surface area contributed by atoms with Crippen molar-refractivity contribution in [3.63, 3.8) is 0 Å². The van der Waals surface area contributed by atoms with E-state index in [2.05, 4.69) is 5.32 Å². The Labute approximate surface area is 49.9 Å². The van der Waals surface area contributed by atoms with Crippen LogP contribution in [0.3, 0.4) is 0 Å². The maximum Gasteiger partial charge on any atom is 0.0556 e. The van der Waals surface area contributed by atoms with Gasteiger partial charge in [-0.15, -0.1) is 0 Å². The number of nitrogens with one attached hydrogen (secondary N) is 1. The second-order valence-corrected chi connectivity index (χ2v) is 2.31. The summed E-state index contributed by atoms with van der Waals surface area (Å²) < 4.78 is 0. The maximum atomic E-state index is 8.37. The fourth-order valence-corrected chi connectivity index (χ4v) is 0.881. The normalized spacial score (nSPS) is 20.6. The highest BCUT2D eigenvalue weighted by Crippen LogP contribution is 2.17. The third-order valence-electron chi connectivity index (χ3n) is 1.65. The van der Waals surface area contributed by atoms with Gasteiger partial charge in [0.05, 0.1) is 6.61 Å². The van der Waals surface area contributed by atoms with Gasteiger partial charge in [0.1, 0.15) is 0 Å². The molecule has 0 aromatic rings. The lowest BCUT2D eigenvalue weighted by molar-refractivity contribution is 0.260. The molecule has 1 fully saturated rings. The average Bonchev–Trinajstić information content (AvgIpc) is 1.63. The van der Waals surface area contributed by atoms with Crippen LogP contribution in [0, 0.1) is 0 Å². The highest BCUT2D eigenvalue weighted by atomic mass is 16.3. The van der Waals surface area contributed by atoms with Crippen LogP contribution in [0.1, 0.15) is 19.3 Å². The Hall–Kier alpha value is -0.0800. The van der Waals surface area contributed by atoms with Crippen LogP contribution < -0.4 is 5.32 Å². The molecule has 0 aliphatic heterocycles. The van der Waals surface area contributed by atoms with E-state index >= 15 is 0 Å². The van der Waals surface area contributed by atoms with Gasteiger partial charge >= 0.3 is 0 Å². The van der Waals surface area contributed by atoms with Crippen LogP contribution in [-0.2, 0) is 0 Å². The molecule has 0 amide bonds. The molecule has 2 nitrogen and oxygen atoms in total. The molecule has 2 N–H and O–H groups in total. The van der Waals surface area contributed by atoms with E-state index in [0.29, 0.717) is 0 Å². The van der Waals surface area contributed by atoms with Crippen molar-refractivity contribution >= 4 is 0 Å². The van der Waals surface area contributed by atoms with Crippen molar-refractivity contribution in [3.8, 4) is 0 Å². The van der Waals surface area contributed by atoms with Crippen molar-refractivity contribution in [2.45, 2.75) is 25.3 Å². The first kappa shape index (κ1) is 6.05. The summed E-state index contributed by atoms with van der Waals surface area (Å²) in [5, 5.41) is 11.6. The molecule has 0 heterocycles. The number of hydrogen-bond donors (Lipinski definition) is 2. The van der Waals surface area contributed by atoms with E-state index in [1.54, 1.807) is 0 Å². The topological polar surface area (TPSA) is 32.3 Å². The van der Waals surface area contributed by atoms with Crippen LogP contribution in [0.2, 0.25) is 0 Å². The first-order chi connectivity index (χ1) is 3.93. The summed E-state index contributed by atoms with van der Waals surface area (Å²) in [6.45, 7) is 1.04. The van der Waals surface area contributed by atoms with E-state index in [0.717, 1.165) is 12.6 Å². The highest BCUT2D eigenvalue weighted by Gasteiger charge is 2.14. The highest BCUT2D eigenvalue weighted by molar-refractivity contribution is 4.75. The molecule has 8 heavy (non-hydrogen) atoms. The van der Waals surface area contributed by atoms with Gasteiger partial charge in [-0.3, -0.25) is 0 Å². The Morgan fingerprint density at radius 2 is 2.25 bits per heavy atom. The largest absolute Gasteiger partial charge is 0.395 e. The summed E-state index contributed by atoms with van der Waals surface area (Å²) >= 11 is 0. The van der Waals surface area contributed by atoms with Crippen LogP contribution >= 0.6 is 0 Å².